The number of hydrogen-bond donors (Lipinski definition) is 1. The van der Waals surface area contributed by atoms with Crippen molar-refractivity contribution in [2.45, 2.75) is 0 Å². The van der Waals surface area contributed by atoms with Gasteiger partial charge in [0.05, 0.1) is 17.3 Å². The molecule has 24 heavy (non-hydrogen) atoms. The van der Waals surface area contributed by atoms with Crippen LogP contribution in [-0.2, 0) is 0 Å². The van der Waals surface area contributed by atoms with Gasteiger partial charge < -0.3 is 15.5 Å². The van der Waals surface area contributed by atoms with Gasteiger partial charge in [0.15, 0.2) is 0 Å². The molecule has 5 nitrogen and oxygen atoms in total. The summed E-state index contributed by atoms with van der Waals surface area (Å²) in [6, 6.07) is 13.7. The van der Waals surface area contributed by atoms with Crippen LogP contribution in [0.15, 0.2) is 42.5 Å². The molecule has 1 fully saturated rings. The van der Waals surface area contributed by atoms with Crippen molar-refractivity contribution in [1.82, 2.24) is 0 Å². The minimum atomic E-state index is -0.442. The number of rotatable bonds is 3. The topological polar surface area (TPSA) is 73.4 Å². The summed E-state index contributed by atoms with van der Waals surface area (Å²) < 4.78 is 14.1. The first-order chi connectivity index (χ1) is 11.6. The molecule has 1 saturated heterocycles. The number of hydrogen-bond acceptors (Lipinski definition) is 4. The van der Waals surface area contributed by atoms with E-state index in [9.17, 15) is 9.18 Å². The van der Waals surface area contributed by atoms with E-state index in [1.54, 1.807) is 24.3 Å². The first-order valence-electron chi connectivity index (χ1n) is 7.68. The molecule has 0 radical (unpaired) electrons. The molecule has 0 bridgehead atoms. The Hall–Kier alpha value is -3.07. The maximum absolute atomic E-state index is 14.1. The summed E-state index contributed by atoms with van der Waals surface area (Å²) >= 11 is 0. The molecule has 2 N–H and O–H groups in total. The summed E-state index contributed by atoms with van der Waals surface area (Å²) in [6.07, 6.45) is 0. The van der Waals surface area contributed by atoms with Crippen LogP contribution in [0.5, 0.6) is 0 Å². The van der Waals surface area contributed by atoms with E-state index in [2.05, 4.69) is 4.90 Å². The number of amides is 1. The van der Waals surface area contributed by atoms with Crippen LogP contribution in [0, 0.1) is 17.1 Å². The molecule has 3 rings (SSSR count). The number of anilines is 2. The zero-order valence-electron chi connectivity index (χ0n) is 13.1. The maximum atomic E-state index is 14.1. The van der Waals surface area contributed by atoms with Crippen LogP contribution >= 0.6 is 0 Å². The lowest BCUT2D eigenvalue weighted by Gasteiger charge is -2.37. The van der Waals surface area contributed by atoms with Gasteiger partial charge in [-0.15, -0.1) is 0 Å². The smallest absolute Gasteiger partial charge is 0.248 e. The van der Waals surface area contributed by atoms with Gasteiger partial charge in [-0.1, -0.05) is 0 Å². The fourth-order valence-corrected chi connectivity index (χ4v) is 2.87. The van der Waals surface area contributed by atoms with Crippen LogP contribution in [0.25, 0.3) is 0 Å². The van der Waals surface area contributed by atoms with Crippen LogP contribution in [0.4, 0.5) is 15.8 Å². The third kappa shape index (κ3) is 3.15. The van der Waals surface area contributed by atoms with E-state index < -0.39 is 5.91 Å². The van der Waals surface area contributed by atoms with Crippen molar-refractivity contribution in [3.63, 3.8) is 0 Å². The summed E-state index contributed by atoms with van der Waals surface area (Å²) in [5.41, 5.74) is 7.59. The molecule has 0 aliphatic carbocycles. The Morgan fingerprint density at radius 2 is 1.67 bits per heavy atom. The molecule has 2 aromatic rings. The summed E-state index contributed by atoms with van der Waals surface area (Å²) in [4.78, 5) is 15.3. The molecule has 0 unspecified atom stereocenters. The van der Waals surface area contributed by atoms with Crippen molar-refractivity contribution in [3.8, 4) is 6.07 Å². The Balaban J connectivity index is 1.67. The molecule has 1 aliphatic rings. The number of benzene rings is 2. The second-order valence-corrected chi connectivity index (χ2v) is 5.66. The lowest BCUT2D eigenvalue weighted by atomic mass is 10.1. The number of carbonyl (C=O) groups excluding carboxylic acids is 1. The van der Waals surface area contributed by atoms with Gasteiger partial charge in [-0.3, -0.25) is 4.79 Å². The van der Waals surface area contributed by atoms with Crippen LogP contribution < -0.4 is 15.5 Å². The Kier molecular flexibility index (Phi) is 4.34. The molecule has 6 heteroatoms. The summed E-state index contributed by atoms with van der Waals surface area (Å²) in [6.45, 7) is 2.85. The molecule has 1 amide bonds. The monoisotopic (exact) mass is 324 g/mol. The molecular formula is C18H17FN4O. The van der Waals surface area contributed by atoms with Crippen LogP contribution in [-0.4, -0.2) is 32.1 Å². The van der Waals surface area contributed by atoms with Gasteiger partial charge in [-0.05, 0) is 42.5 Å². The number of carbonyl (C=O) groups is 1. The molecule has 0 saturated carbocycles. The third-order valence-corrected chi connectivity index (χ3v) is 4.21. The first-order valence-corrected chi connectivity index (χ1v) is 7.68. The van der Waals surface area contributed by atoms with Gasteiger partial charge in [-0.25, -0.2) is 4.39 Å². The summed E-state index contributed by atoms with van der Waals surface area (Å²) in [5, 5.41) is 8.81. The zero-order valence-corrected chi connectivity index (χ0v) is 13.1. The van der Waals surface area contributed by atoms with Crippen molar-refractivity contribution in [2.75, 3.05) is 36.0 Å². The van der Waals surface area contributed by atoms with E-state index in [1.807, 2.05) is 23.1 Å². The highest BCUT2D eigenvalue weighted by molar-refractivity contribution is 5.93. The Morgan fingerprint density at radius 3 is 2.21 bits per heavy atom. The predicted molar refractivity (Wildman–Crippen MR) is 90.5 cm³/mol. The number of primary amides is 1. The van der Waals surface area contributed by atoms with E-state index in [0.29, 0.717) is 29.9 Å². The molecule has 1 heterocycles. The summed E-state index contributed by atoms with van der Waals surface area (Å²) in [7, 11) is 0. The zero-order chi connectivity index (χ0) is 17.1. The van der Waals surface area contributed by atoms with Crippen molar-refractivity contribution < 1.29 is 9.18 Å². The predicted octanol–water partition coefficient (Wildman–Crippen LogP) is 2.12. The molecule has 2 aromatic carbocycles. The van der Waals surface area contributed by atoms with E-state index in [1.165, 1.54) is 6.07 Å². The normalized spacial score (nSPS) is 14.3. The Labute approximate surface area is 139 Å². The Bertz CT molecular complexity index is 790. The van der Waals surface area contributed by atoms with Crippen molar-refractivity contribution in [3.05, 3.63) is 59.4 Å². The number of piperazine rings is 1. The largest absolute Gasteiger partial charge is 0.368 e. The standard InChI is InChI=1S/C18H17FN4O/c19-16-11-13(12-20)1-6-17(16)23-9-7-22(8-10-23)15-4-2-14(3-5-15)18(21)24/h1-6,11H,7-10H2,(H2,21,24). The molecular weight excluding hydrogens is 307 g/mol. The average molecular weight is 324 g/mol. The molecule has 0 spiro atoms. The van der Waals surface area contributed by atoms with Crippen molar-refractivity contribution in [1.29, 1.82) is 5.26 Å². The molecule has 122 valence electrons. The minimum absolute atomic E-state index is 0.324. The quantitative estimate of drug-likeness (QED) is 0.938. The highest BCUT2D eigenvalue weighted by Crippen LogP contribution is 2.24. The molecule has 0 atom stereocenters. The van der Waals surface area contributed by atoms with E-state index in [4.69, 9.17) is 11.0 Å². The van der Waals surface area contributed by atoms with Gasteiger partial charge in [-0.2, -0.15) is 5.26 Å². The van der Waals surface area contributed by atoms with E-state index in [0.717, 1.165) is 18.8 Å². The first kappa shape index (κ1) is 15.8. The van der Waals surface area contributed by atoms with Gasteiger partial charge in [0, 0.05) is 37.4 Å². The van der Waals surface area contributed by atoms with Crippen LogP contribution in [0.2, 0.25) is 0 Å². The van der Waals surface area contributed by atoms with E-state index in [-0.39, 0.29) is 5.82 Å². The van der Waals surface area contributed by atoms with Crippen LogP contribution in [0.1, 0.15) is 15.9 Å². The fourth-order valence-electron chi connectivity index (χ4n) is 2.87. The van der Waals surface area contributed by atoms with Gasteiger partial charge in [0.25, 0.3) is 0 Å². The fraction of sp³-hybridized carbons (Fsp3) is 0.222. The van der Waals surface area contributed by atoms with Gasteiger partial charge >= 0.3 is 0 Å². The second kappa shape index (κ2) is 6.59. The third-order valence-electron chi connectivity index (χ3n) is 4.21. The number of halogens is 1. The number of nitrogens with two attached hydrogens (primary N) is 1. The van der Waals surface area contributed by atoms with E-state index >= 15 is 0 Å². The lowest BCUT2D eigenvalue weighted by Crippen LogP contribution is -2.46. The maximum Gasteiger partial charge on any atom is 0.248 e. The molecule has 0 aromatic heterocycles. The van der Waals surface area contributed by atoms with Gasteiger partial charge in [0.2, 0.25) is 5.91 Å². The average Bonchev–Trinajstić information content (AvgIpc) is 2.62. The highest BCUT2D eigenvalue weighted by atomic mass is 19.1. The number of nitriles is 1. The molecule has 1 aliphatic heterocycles. The Morgan fingerprint density at radius 1 is 1.04 bits per heavy atom. The lowest BCUT2D eigenvalue weighted by molar-refractivity contribution is 0.100. The number of nitrogens with zero attached hydrogens (tertiary/aromatic N) is 3. The SMILES string of the molecule is N#Cc1ccc(N2CCN(c3ccc(C(N)=O)cc3)CC2)c(F)c1. The summed E-state index contributed by atoms with van der Waals surface area (Å²) in [5.74, 6) is -0.809. The van der Waals surface area contributed by atoms with Crippen LogP contribution in [0.3, 0.4) is 0 Å². The van der Waals surface area contributed by atoms with Gasteiger partial charge in [0.1, 0.15) is 5.82 Å². The van der Waals surface area contributed by atoms with Crippen molar-refractivity contribution in [2.24, 2.45) is 5.73 Å². The minimum Gasteiger partial charge on any atom is -0.368 e. The van der Waals surface area contributed by atoms with Crippen molar-refractivity contribution >= 4 is 17.3 Å². The highest BCUT2D eigenvalue weighted by Gasteiger charge is 2.20. The second-order valence-electron chi connectivity index (χ2n) is 5.66.